The monoisotopic (exact) mass is 334 g/mol. The summed E-state index contributed by atoms with van der Waals surface area (Å²) in [6.07, 6.45) is 3.78. The quantitative estimate of drug-likeness (QED) is 0.565. The van der Waals surface area contributed by atoms with Crippen molar-refractivity contribution in [3.8, 4) is 5.75 Å². The maximum absolute atomic E-state index is 12.4. The molecule has 1 fully saturated rings. The van der Waals surface area contributed by atoms with Crippen LogP contribution in [0.1, 0.15) is 25.3 Å². The Labute approximate surface area is 141 Å². The highest BCUT2D eigenvalue weighted by molar-refractivity contribution is 8.18. The van der Waals surface area contributed by atoms with Crippen LogP contribution in [0.25, 0.3) is 6.08 Å². The molecule has 0 saturated carbocycles. The molecule has 1 aromatic rings. The fourth-order valence-corrected chi connectivity index (χ4v) is 2.93. The Kier molecular flexibility index (Phi) is 6.24. The second-order valence-corrected chi connectivity index (χ2v) is 6.56. The maximum atomic E-state index is 12.4. The normalized spacial score (nSPS) is 16.7. The average molecular weight is 334 g/mol. The van der Waals surface area contributed by atoms with Gasteiger partial charge in [-0.2, -0.15) is 0 Å². The van der Waals surface area contributed by atoms with Crippen molar-refractivity contribution in [3.05, 3.63) is 34.7 Å². The molecule has 1 heterocycles. The summed E-state index contributed by atoms with van der Waals surface area (Å²) in [6, 6.07) is 7.56. The number of amides is 2. The number of nitrogens with zero attached hydrogens (tertiary/aromatic N) is 2. The van der Waals surface area contributed by atoms with Gasteiger partial charge in [0.25, 0.3) is 11.1 Å². The summed E-state index contributed by atoms with van der Waals surface area (Å²) in [6.45, 7) is 3.04. The van der Waals surface area contributed by atoms with E-state index in [0.29, 0.717) is 11.5 Å². The number of benzene rings is 1. The minimum Gasteiger partial charge on any atom is -0.493 e. The molecule has 2 rings (SSSR count). The van der Waals surface area contributed by atoms with Gasteiger partial charge in [0, 0.05) is 5.56 Å². The Hall–Kier alpha value is -1.79. The van der Waals surface area contributed by atoms with Gasteiger partial charge in [0.05, 0.1) is 18.2 Å². The van der Waals surface area contributed by atoms with E-state index in [0.717, 1.165) is 35.9 Å². The zero-order valence-electron chi connectivity index (χ0n) is 13.7. The van der Waals surface area contributed by atoms with Crippen molar-refractivity contribution in [2.45, 2.75) is 19.8 Å². The van der Waals surface area contributed by atoms with Gasteiger partial charge >= 0.3 is 0 Å². The lowest BCUT2D eigenvalue weighted by molar-refractivity contribution is -0.123. The largest absolute Gasteiger partial charge is 0.493 e. The highest BCUT2D eigenvalue weighted by atomic mass is 32.2. The standard InChI is InChI=1S/C17H22N2O3S/c1-4-5-10-22-14-9-7-6-8-13(14)11-15-16(20)19(12-18(2)3)17(21)23-15/h6-9,11H,4-5,10,12H2,1-3H3. The smallest absolute Gasteiger partial charge is 0.294 e. The first-order valence-electron chi connectivity index (χ1n) is 7.65. The number of rotatable bonds is 7. The van der Waals surface area contributed by atoms with Crippen molar-refractivity contribution in [1.82, 2.24) is 9.80 Å². The molecule has 124 valence electrons. The number of thioether (sulfide) groups is 1. The van der Waals surface area contributed by atoms with Crippen molar-refractivity contribution in [2.24, 2.45) is 0 Å². The summed E-state index contributed by atoms with van der Waals surface area (Å²) in [5.74, 6) is 0.484. The zero-order chi connectivity index (χ0) is 16.8. The van der Waals surface area contributed by atoms with Gasteiger partial charge in [-0.25, -0.2) is 0 Å². The molecule has 0 spiro atoms. The first kappa shape index (κ1) is 17.6. The third-order valence-corrected chi connectivity index (χ3v) is 4.17. The van der Waals surface area contributed by atoms with Crippen LogP contribution in [0.15, 0.2) is 29.2 Å². The van der Waals surface area contributed by atoms with Gasteiger partial charge in [-0.05, 0) is 44.4 Å². The van der Waals surface area contributed by atoms with Crippen LogP contribution in [0, 0.1) is 0 Å². The molecule has 0 aliphatic carbocycles. The fourth-order valence-electron chi connectivity index (χ4n) is 2.10. The van der Waals surface area contributed by atoms with Crippen LogP contribution < -0.4 is 4.74 Å². The van der Waals surface area contributed by atoms with E-state index in [1.54, 1.807) is 11.0 Å². The van der Waals surface area contributed by atoms with Crippen molar-refractivity contribution in [2.75, 3.05) is 27.4 Å². The van der Waals surface area contributed by atoms with Gasteiger partial charge in [0.2, 0.25) is 0 Å². The molecule has 0 N–H and O–H groups in total. The summed E-state index contributed by atoms with van der Waals surface area (Å²) in [5.41, 5.74) is 0.818. The van der Waals surface area contributed by atoms with Crippen LogP contribution in [0.2, 0.25) is 0 Å². The highest BCUT2D eigenvalue weighted by Crippen LogP contribution is 2.33. The van der Waals surface area contributed by atoms with E-state index in [1.807, 2.05) is 38.4 Å². The van der Waals surface area contributed by atoms with Crippen molar-refractivity contribution in [1.29, 1.82) is 0 Å². The van der Waals surface area contributed by atoms with Gasteiger partial charge in [0.15, 0.2) is 0 Å². The van der Waals surface area contributed by atoms with E-state index < -0.39 is 0 Å². The molecule has 1 aliphatic rings. The summed E-state index contributed by atoms with van der Waals surface area (Å²) in [5, 5.41) is -0.237. The lowest BCUT2D eigenvalue weighted by Crippen LogP contribution is -2.36. The molecule has 0 aromatic heterocycles. The van der Waals surface area contributed by atoms with E-state index in [2.05, 4.69) is 6.92 Å². The molecule has 2 amide bonds. The molecule has 0 unspecified atom stereocenters. The molecule has 0 bridgehead atoms. The number of imide groups is 1. The van der Waals surface area contributed by atoms with E-state index in [-0.39, 0.29) is 17.8 Å². The molecule has 6 heteroatoms. The van der Waals surface area contributed by atoms with Crippen LogP contribution in [-0.2, 0) is 4.79 Å². The molecule has 5 nitrogen and oxygen atoms in total. The molecule has 1 aromatic carbocycles. The van der Waals surface area contributed by atoms with E-state index in [9.17, 15) is 9.59 Å². The third-order valence-electron chi connectivity index (χ3n) is 3.26. The van der Waals surface area contributed by atoms with Crippen molar-refractivity contribution >= 4 is 29.0 Å². The van der Waals surface area contributed by atoms with Gasteiger partial charge < -0.3 is 4.74 Å². The Morgan fingerprint density at radius 1 is 1.26 bits per heavy atom. The summed E-state index contributed by atoms with van der Waals surface area (Å²) in [7, 11) is 3.65. The van der Waals surface area contributed by atoms with Crippen LogP contribution in [0.5, 0.6) is 5.75 Å². The fraction of sp³-hybridized carbons (Fsp3) is 0.412. The second kappa shape index (κ2) is 8.17. The number of carbonyl (C=O) groups is 2. The number of carbonyl (C=O) groups excluding carboxylic acids is 2. The predicted molar refractivity (Wildman–Crippen MR) is 93.2 cm³/mol. The van der Waals surface area contributed by atoms with Crippen LogP contribution in [-0.4, -0.2) is 48.3 Å². The van der Waals surface area contributed by atoms with Crippen molar-refractivity contribution in [3.63, 3.8) is 0 Å². The minimum absolute atomic E-state index is 0.237. The first-order chi connectivity index (χ1) is 11.0. The Morgan fingerprint density at radius 3 is 2.70 bits per heavy atom. The maximum Gasteiger partial charge on any atom is 0.294 e. The molecule has 1 saturated heterocycles. The van der Waals surface area contributed by atoms with Gasteiger partial charge in [0.1, 0.15) is 5.75 Å². The number of hydrogen-bond acceptors (Lipinski definition) is 5. The van der Waals surface area contributed by atoms with Gasteiger partial charge in [-0.15, -0.1) is 0 Å². The van der Waals surface area contributed by atoms with Crippen LogP contribution in [0.4, 0.5) is 4.79 Å². The average Bonchev–Trinajstić information content (AvgIpc) is 2.76. The highest BCUT2D eigenvalue weighted by Gasteiger charge is 2.35. The Bertz CT molecular complexity index is 614. The Balaban J connectivity index is 2.19. The predicted octanol–water partition coefficient (Wildman–Crippen LogP) is 3.42. The third kappa shape index (κ3) is 4.59. The lowest BCUT2D eigenvalue weighted by atomic mass is 10.2. The lowest BCUT2D eigenvalue weighted by Gasteiger charge is -2.17. The van der Waals surface area contributed by atoms with Crippen LogP contribution >= 0.6 is 11.8 Å². The molecule has 0 radical (unpaired) electrons. The van der Waals surface area contributed by atoms with Gasteiger partial charge in [-0.1, -0.05) is 31.5 Å². The zero-order valence-corrected chi connectivity index (χ0v) is 14.6. The minimum atomic E-state index is -0.253. The topological polar surface area (TPSA) is 49.9 Å². The van der Waals surface area contributed by atoms with Crippen LogP contribution in [0.3, 0.4) is 0 Å². The van der Waals surface area contributed by atoms with Gasteiger partial charge in [-0.3, -0.25) is 19.4 Å². The number of ether oxygens (including phenoxy) is 1. The number of hydrogen-bond donors (Lipinski definition) is 0. The Morgan fingerprint density at radius 2 is 2.00 bits per heavy atom. The first-order valence-corrected chi connectivity index (χ1v) is 8.46. The number of para-hydroxylation sites is 1. The molecule has 0 atom stereocenters. The molecular formula is C17H22N2O3S. The second-order valence-electron chi connectivity index (χ2n) is 5.57. The van der Waals surface area contributed by atoms with Crippen molar-refractivity contribution < 1.29 is 14.3 Å². The summed E-state index contributed by atoms with van der Waals surface area (Å²) < 4.78 is 5.77. The van der Waals surface area contributed by atoms with E-state index in [4.69, 9.17) is 4.74 Å². The van der Waals surface area contributed by atoms with E-state index >= 15 is 0 Å². The number of unbranched alkanes of at least 4 members (excludes halogenated alkanes) is 1. The molecular weight excluding hydrogens is 312 g/mol. The summed E-state index contributed by atoms with van der Waals surface area (Å²) >= 11 is 0.972. The summed E-state index contributed by atoms with van der Waals surface area (Å²) in [4.78, 5) is 27.8. The van der Waals surface area contributed by atoms with E-state index in [1.165, 1.54) is 4.90 Å². The molecule has 23 heavy (non-hydrogen) atoms. The molecule has 1 aliphatic heterocycles. The SMILES string of the molecule is CCCCOc1ccccc1C=C1SC(=O)N(CN(C)C)C1=O.